The molecule has 36 heavy (non-hydrogen) atoms. The molecule has 1 N–H and O–H groups in total. The summed E-state index contributed by atoms with van der Waals surface area (Å²) in [5.74, 6) is -1.44. The van der Waals surface area contributed by atoms with E-state index in [4.69, 9.17) is 14.2 Å². The number of anilines is 1. The van der Waals surface area contributed by atoms with Gasteiger partial charge in [0.25, 0.3) is 11.8 Å². The third-order valence-corrected chi connectivity index (χ3v) is 5.72. The molecule has 0 bridgehead atoms. The summed E-state index contributed by atoms with van der Waals surface area (Å²) in [7, 11) is 2.91. The topological polar surface area (TPSA) is 111 Å². The van der Waals surface area contributed by atoms with E-state index in [-0.39, 0.29) is 33.9 Å². The highest BCUT2D eigenvalue weighted by Crippen LogP contribution is 2.32. The van der Waals surface area contributed by atoms with E-state index in [9.17, 15) is 19.2 Å². The van der Waals surface area contributed by atoms with Gasteiger partial charge in [-0.1, -0.05) is 28.1 Å². The SMILES string of the molecule is COc1ccc(C(=O)Oc2ccc(Br)cc2/C=C2/C(=O)NC(=O)N(c3ccccc3OC)C2=O)cc1. The van der Waals surface area contributed by atoms with Gasteiger partial charge in [-0.05, 0) is 60.7 Å². The first-order valence-electron chi connectivity index (χ1n) is 10.5. The zero-order valence-electron chi connectivity index (χ0n) is 19.1. The predicted molar refractivity (Wildman–Crippen MR) is 134 cm³/mol. The molecule has 0 atom stereocenters. The number of benzene rings is 3. The quantitative estimate of drug-likeness (QED) is 0.210. The van der Waals surface area contributed by atoms with Gasteiger partial charge in [-0.25, -0.2) is 14.5 Å². The van der Waals surface area contributed by atoms with Crippen molar-refractivity contribution in [1.82, 2.24) is 5.32 Å². The van der Waals surface area contributed by atoms with Crippen LogP contribution in [0.4, 0.5) is 10.5 Å². The van der Waals surface area contributed by atoms with E-state index in [1.807, 2.05) is 0 Å². The van der Waals surface area contributed by atoms with Crippen molar-refractivity contribution < 1.29 is 33.4 Å². The van der Waals surface area contributed by atoms with E-state index in [2.05, 4.69) is 21.2 Å². The fraction of sp³-hybridized carbons (Fsp3) is 0.0769. The lowest BCUT2D eigenvalue weighted by Crippen LogP contribution is -2.54. The van der Waals surface area contributed by atoms with Gasteiger partial charge < -0.3 is 14.2 Å². The Kier molecular flexibility index (Phi) is 7.16. The normalized spacial score (nSPS) is 14.5. The van der Waals surface area contributed by atoms with Crippen molar-refractivity contribution in [2.75, 3.05) is 19.1 Å². The van der Waals surface area contributed by atoms with Crippen LogP contribution in [0.3, 0.4) is 0 Å². The molecular weight excluding hydrogens is 532 g/mol. The molecule has 0 radical (unpaired) electrons. The molecular formula is C26H19BrN2O7. The minimum Gasteiger partial charge on any atom is -0.497 e. The van der Waals surface area contributed by atoms with Gasteiger partial charge in [0.05, 0.1) is 25.5 Å². The highest BCUT2D eigenvalue weighted by molar-refractivity contribution is 9.10. The van der Waals surface area contributed by atoms with E-state index in [0.717, 1.165) is 4.90 Å². The molecule has 0 aromatic heterocycles. The fourth-order valence-corrected chi connectivity index (χ4v) is 3.84. The molecule has 0 spiro atoms. The average molecular weight is 551 g/mol. The number of methoxy groups -OCH3 is 2. The highest BCUT2D eigenvalue weighted by atomic mass is 79.9. The molecule has 1 aliphatic heterocycles. The number of hydrogen-bond donors (Lipinski definition) is 1. The van der Waals surface area contributed by atoms with E-state index < -0.39 is 23.8 Å². The van der Waals surface area contributed by atoms with Crippen molar-refractivity contribution in [1.29, 1.82) is 0 Å². The monoisotopic (exact) mass is 550 g/mol. The Balaban J connectivity index is 1.70. The summed E-state index contributed by atoms with van der Waals surface area (Å²) in [6.45, 7) is 0. The number of halogens is 1. The van der Waals surface area contributed by atoms with E-state index in [1.165, 1.54) is 32.4 Å². The first-order chi connectivity index (χ1) is 17.3. The predicted octanol–water partition coefficient (Wildman–Crippen LogP) is 4.35. The Hall–Kier alpha value is -4.44. The molecule has 4 amide bonds. The van der Waals surface area contributed by atoms with Gasteiger partial charge in [0, 0.05) is 10.0 Å². The van der Waals surface area contributed by atoms with Crippen LogP contribution in [0.15, 0.2) is 76.8 Å². The molecule has 0 saturated carbocycles. The fourth-order valence-electron chi connectivity index (χ4n) is 3.46. The number of esters is 1. The number of para-hydroxylation sites is 2. The molecule has 0 unspecified atom stereocenters. The van der Waals surface area contributed by atoms with Crippen molar-refractivity contribution in [2.45, 2.75) is 0 Å². The van der Waals surface area contributed by atoms with E-state index in [0.29, 0.717) is 10.2 Å². The first-order valence-corrected chi connectivity index (χ1v) is 11.3. The van der Waals surface area contributed by atoms with Crippen molar-refractivity contribution in [3.63, 3.8) is 0 Å². The van der Waals surface area contributed by atoms with Gasteiger partial charge in [-0.15, -0.1) is 0 Å². The molecule has 0 aliphatic carbocycles. The van der Waals surface area contributed by atoms with Crippen LogP contribution in [0.25, 0.3) is 6.08 Å². The summed E-state index contributed by atoms with van der Waals surface area (Å²) in [6, 6.07) is 16.6. The number of ether oxygens (including phenoxy) is 3. The number of urea groups is 1. The van der Waals surface area contributed by atoms with E-state index >= 15 is 0 Å². The lowest BCUT2D eigenvalue weighted by Gasteiger charge is -2.27. The van der Waals surface area contributed by atoms with Gasteiger partial charge in [0.2, 0.25) is 0 Å². The number of imide groups is 2. The van der Waals surface area contributed by atoms with Crippen molar-refractivity contribution >= 4 is 51.5 Å². The van der Waals surface area contributed by atoms with Gasteiger partial charge in [0.1, 0.15) is 22.8 Å². The maximum Gasteiger partial charge on any atom is 0.343 e. The Labute approximate surface area is 214 Å². The van der Waals surface area contributed by atoms with Crippen molar-refractivity contribution in [3.05, 3.63) is 87.9 Å². The Morgan fingerprint density at radius 3 is 2.33 bits per heavy atom. The second-order valence-electron chi connectivity index (χ2n) is 7.43. The largest absolute Gasteiger partial charge is 0.497 e. The standard InChI is InChI=1S/C26H19BrN2O7/c1-34-18-10-7-15(8-11-18)25(32)36-21-12-9-17(27)13-16(21)14-19-23(30)28-26(33)29(24(19)31)20-5-3-4-6-22(20)35-2/h3-14H,1-2H3,(H,28,30,33)/b19-14-. The van der Waals surface area contributed by atoms with Crippen LogP contribution in [-0.4, -0.2) is 38.0 Å². The summed E-state index contributed by atoms with van der Waals surface area (Å²) >= 11 is 3.35. The lowest BCUT2D eigenvalue weighted by atomic mass is 10.1. The summed E-state index contributed by atoms with van der Waals surface area (Å²) in [6.07, 6.45) is 1.26. The molecule has 10 heteroatoms. The zero-order valence-corrected chi connectivity index (χ0v) is 20.7. The molecule has 3 aromatic carbocycles. The number of rotatable bonds is 6. The Morgan fingerprint density at radius 2 is 1.64 bits per heavy atom. The van der Waals surface area contributed by atoms with Gasteiger partial charge in [-0.2, -0.15) is 0 Å². The number of nitrogens with one attached hydrogen (secondary N) is 1. The van der Waals surface area contributed by atoms with Crippen molar-refractivity contribution in [2.24, 2.45) is 0 Å². The summed E-state index contributed by atoms with van der Waals surface area (Å²) in [5, 5.41) is 2.16. The number of amides is 4. The molecule has 4 rings (SSSR count). The van der Waals surface area contributed by atoms with Crippen LogP contribution in [0, 0.1) is 0 Å². The first kappa shape index (κ1) is 24.7. The maximum absolute atomic E-state index is 13.3. The molecule has 1 fully saturated rings. The minimum atomic E-state index is -0.910. The summed E-state index contributed by atoms with van der Waals surface area (Å²) in [4.78, 5) is 52.0. The number of barbiturate groups is 1. The maximum atomic E-state index is 13.3. The highest BCUT2D eigenvalue weighted by Gasteiger charge is 2.38. The molecule has 1 saturated heterocycles. The van der Waals surface area contributed by atoms with Gasteiger partial charge >= 0.3 is 12.0 Å². The smallest absolute Gasteiger partial charge is 0.343 e. The van der Waals surface area contributed by atoms with Crippen LogP contribution in [0.1, 0.15) is 15.9 Å². The lowest BCUT2D eigenvalue weighted by molar-refractivity contribution is -0.122. The minimum absolute atomic E-state index is 0.104. The second kappa shape index (κ2) is 10.4. The molecule has 182 valence electrons. The molecule has 3 aromatic rings. The molecule has 1 heterocycles. The van der Waals surface area contributed by atoms with E-state index in [1.54, 1.807) is 54.6 Å². The van der Waals surface area contributed by atoms with Crippen LogP contribution in [0.2, 0.25) is 0 Å². The third-order valence-electron chi connectivity index (χ3n) is 5.23. The molecule has 1 aliphatic rings. The van der Waals surface area contributed by atoms with Gasteiger partial charge in [0.15, 0.2) is 0 Å². The summed E-state index contributed by atoms with van der Waals surface area (Å²) in [5.41, 5.74) is 0.373. The number of carbonyl (C=O) groups excluding carboxylic acids is 4. The number of hydrogen-bond acceptors (Lipinski definition) is 7. The van der Waals surface area contributed by atoms with Crippen LogP contribution in [-0.2, 0) is 9.59 Å². The number of nitrogens with zero attached hydrogens (tertiary/aromatic N) is 1. The second-order valence-corrected chi connectivity index (χ2v) is 8.35. The van der Waals surface area contributed by atoms with Gasteiger partial charge in [-0.3, -0.25) is 14.9 Å². The Morgan fingerprint density at radius 1 is 0.917 bits per heavy atom. The Bertz CT molecular complexity index is 1400. The molecule has 9 nitrogen and oxygen atoms in total. The van der Waals surface area contributed by atoms with Crippen LogP contribution < -0.4 is 24.4 Å². The zero-order chi connectivity index (χ0) is 25.8. The van der Waals surface area contributed by atoms with Crippen molar-refractivity contribution in [3.8, 4) is 17.2 Å². The summed E-state index contributed by atoms with van der Waals surface area (Å²) < 4.78 is 16.5. The number of carbonyl (C=O) groups is 4. The third kappa shape index (κ3) is 4.98. The average Bonchev–Trinajstić information content (AvgIpc) is 2.88. The van der Waals surface area contributed by atoms with Crippen LogP contribution in [0.5, 0.6) is 17.2 Å². The van der Waals surface area contributed by atoms with Crippen LogP contribution >= 0.6 is 15.9 Å².